The van der Waals surface area contributed by atoms with Crippen LogP contribution in [-0.4, -0.2) is 52.3 Å². The summed E-state index contributed by atoms with van der Waals surface area (Å²) < 4.78 is 6.13. The van der Waals surface area contributed by atoms with E-state index >= 15 is 0 Å². The van der Waals surface area contributed by atoms with Crippen molar-refractivity contribution in [1.82, 2.24) is 15.1 Å². The van der Waals surface area contributed by atoms with Crippen molar-refractivity contribution in [3.63, 3.8) is 0 Å². The van der Waals surface area contributed by atoms with E-state index in [1.165, 1.54) is 0 Å². The van der Waals surface area contributed by atoms with Crippen molar-refractivity contribution in [2.75, 3.05) is 25.0 Å². The van der Waals surface area contributed by atoms with Crippen LogP contribution >= 0.6 is 0 Å². The van der Waals surface area contributed by atoms with Gasteiger partial charge in [-0.1, -0.05) is 12.2 Å². The molecule has 6 heteroatoms. The molecule has 0 unspecified atom stereocenters. The van der Waals surface area contributed by atoms with Gasteiger partial charge in [0.25, 0.3) is 0 Å². The van der Waals surface area contributed by atoms with Gasteiger partial charge in [-0.3, -0.25) is 4.79 Å². The molecule has 1 spiro atoms. The van der Waals surface area contributed by atoms with Gasteiger partial charge in [0.05, 0.1) is 23.9 Å². The Bertz CT molecular complexity index is 637. The fraction of sp³-hybridized carbons (Fsp3) is 0.611. The standard InChI is InChI=1S/C18H24N4O2/c1-13-6-7-16(21-20-13)19-15-10-18(24-11-15)8-9-22(12-18)17(23)14-4-2-3-5-14/h2-3,6-7,14-15H,4-5,8-12H2,1H3,(H,19,21)/t15-,18+/m1/s1. The van der Waals surface area contributed by atoms with Crippen molar-refractivity contribution in [3.05, 3.63) is 30.0 Å². The first kappa shape index (κ1) is 15.6. The largest absolute Gasteiger partial charge is 0.371 e. The summed E-state index contributed by atoms with van der Waals surface area (Å²) in [5.74, 6) is 1.23. The lowest BCUT2D eigenvalue weighted by molar-refractivity contribution is -0.135. The van der Waals surface area contributed by atoms with Crippen molar-refractivity contribution in [3.8, 4) is 0 Å². The Hall–Kier alpha value is -1.95. The maximum atomic E-state index is 12.6. The van der Waals surface area contributed by atoms with E-state index in [2.05, 4.69) is 27.7 Å². The number of amides is 1. The molecule has 1 aliphatic carbocycles. The van der Waals surface area contributed by atoms with Gasteiger partial charge in [-0.05, 0) is 38.3 Å². The maximum Gasteiger partial charge on any atom is 0.226 e. The minimum absolute atomic E-state index is 0.151. The summed E-state index contributed by atoms with van der Waals surface area (Å²) in [5.41, 5.74) is 0.725. The van der Waals surface area contributed by atoms with Crippen LogP contribution in [0.5, 0.6) is 0 Å². The molecule has 1 aromatic rings. The average Bonchev–Trinajstić information content (AvgIpc) is 3.32. The molecule has 2 saturated heterocycles. The Balaban J connectivity index is 1.34. The number of rotatable bonds is 3. The predicted octanol–water partition coefficient (Wildman–Crippen LogP) is 1.92. The first-order chi connectivity index (χ1) is 11.6. The molecule has 24 heavy (non-hydrogen) atoms. The van der Waals surface area contributed by atoms with E-state index in [-0.39, 0.29) is 17.6 Å². The number of aryl methyl sites for hydroxylation is 1. The Labute approximate surface area is 142 Å². The van der Waals surface area contributed by atoms with E-state index < -0.39 is 0 Å². The fourth-order valence-electron chi connectivity index (χ4n) is 4.02. The second-order valence-electron chi connectivity index (χ2n) is 7.25. The lowest BCUT2D eigenvalue weighted by Crippen LogP contribution is -2.38. The topological polar surface area (TPSA) is 67.3 Å². The molecule has 128 valence electrons. The van der Waals surface area contributed by atoms with Crippen LogP contribution in [0.3, 0.4) is 0 Å². The van der Waals surface area contributed by atoms with Gasteiger partial charge in [-0.15, -0.1) is 5.10 Å². The molecular formula is C18H24N4O2. The van der Waals surface area contributed by atoms with Crippen molar-refractivity contribution in [1.29, 1.82) is 0 Å². The number of nitrogens with zero attached hydrogens (tertiary/aromatic N) is 3. The molecule has 1 N–H and O–H groups in total. The van der Waals surface area contributed by atoms with Gasteiger partial charge in [-0.25, -0.2) is 0 Å². The molecule has 2 atom stereocenters. The number of ether oxygens (including phenoxy) is 1. The second kappa shape index (κ2) is 6.16. The zero-order chi connectivity index (χ0) is 16.6. The summed E-state index contributed by atoms with van der Waals surface area (Å²) in [6.07, 6.45) is 7.84. The van der Waals surface area contributed by atoms with Crippen molar-refractivity contribution >= 4 is 11.7 Å². The molecule has 4 rings (SSSR count). The Morgan fingerprint density at radius 2 is 2.17 bits per heavy atom. The number of hydrogen-bond acceptors (Lipinski definition) is 5. The minimum atomic E-state index is -0.183. The van der Waals surface area contributed by atoms with E-state index in [4.69, 9.17) is 4.74 Å². The lowest BCUT2D eigenvalue weighted by Gasteiger charge is -2.25. The Kier molecular flexibility index (Phi) is 4.00. The van der Waals surface area contributed by atoms with Crippen LogP contribution in [0.2, 0.25) is 0 Å². The Morgan fingerprint density at radius 1 is 1.33 bits per heavy atom. The number of allylic oxidation sites excluding steroid dienone is 2. The number of carbonyl (C=O) groups is 1. The summed E-state index contributed by atoms with van der Waals surface area (Å²) in [5, 5.41) is 11.6. The van der Waals surface area contributed by atoms with Crippen molar-refractivity contribution < 1.29 is 9.53 Å². The van der Waals surface area contributed by atoms with Crippen LogP contribution < -0.4 is 5.32 Å². The zero-order valence-corrected chi connectivity index (χ0v) is 14.1. The van der Waals surface area contributed by atoms with E-state index in [1.807, 2.05) is 24.0 Å². The highest BCUT2D eigenvalue weighted by Gasteiger charge is 2.47. The molecule has 0 bridgehead atoms. The number of anilines is 1. The first-order valence-electron chi connectivity index (χ1n) is 8.78. The van der Waals surface area contributed by atoms with Gasteiger partial charge in [0, 0.05) is 25.4 Å². The normalized spacial score (nSPS) is 29.7. The average molecular weight is 328 g/mol. The van der Waals surface area contributed by atoms with E-state index in [9.17, 15) is 4.79 Å². The highest BCUT2D eigenvalue weighted by atomic mass is 16.5. The van der Waals surface area contributed by atoms with Gasteiger partial charge < -0.3 is 15.0 Å². The SMILES string of the molecule is Cc1ccc(N[C@H]2CO[C@@]3(CCN(C(=O)C4CC=CC4)C3)C2)nn1. The predicted molar refractivity (Wildman–Crippen MR) is 90.5 cm³/mol. The van der Waals surface area contributed by atoms with Crippen LogP contribution in [0.1, 0.15) is 31.4 Å². The maximum absolute atomic E-state index is 12.6. The Morgan fingerprint density at radius 3 is 2.92 bits per heavy atom. The first-order valence-corrected chi connectivity index (χ1v) is 8.78. The molecule has 1 amide bonds. The smallest absolute Gasteiger partial charge is 0.226 e. The van der Waals surface area contributed by atoms with Crippen LogP contribution in [0.4, 0.5) is 5.82 Å². The van der Waals surface area contributed by atoms with Crippen molar-refractivity contribution in [2.24, 2.45) is 5.92 Å². The molecule has 3 heterocycles. The number of aromatic nitrogens is 2. The van der Waals surface area contributed by atoms with E-state index in [0.717, 1.165) is 50.3 Å². The van der Waals surface area contributed by atoms with Gasteiger partial charge >= 0.3 is 0 Å². The molecule has 0 saturated carbocycles. The van der Waals surface area contributed by atoms with Gasteiger partial charge in [0.2, 0.25) is 5.91 Å². The van der Waals surface area contributed by atoms with Gasteiger partial charge in [0.15, 0.2) is 0 Å². The number of likely N-dealkylation sites (tertiary alicyclic amines) is 1. The zero-order valence-electron chi connectivity index (χ0n) is 14.1. The number of carbonyl (C=O) groups excluding carboxylic acids is 1. The molecule has 6 nitrogen and oxygen atoms in total. The van der Waals surface area contributed by atoms with Crippen LogP contribution in [0.15, 0.2) is 24.3 Å². The molecule has 0 aromatic carbocycles. The quantitative estimate of drug-likeness (QED) is 0.859. The summed E-state index contributed by atoms with van der Waals surface area (Å²) in [6.45, 7) is 4.11. The molecule has 3 aliphatic rings. The molecule has 2 fully saturated rings. The number of hydrogen-bond donors (Lipinski definition) is 1. The summed E-state index contributed by atoms with van der Waals surface area (Å²) in [4.78, 5) is 14.6. The van der Waals surface area contributed by atoms with E-state index in [1.54, 1.807) is 0 Å². The summed E-state index contributed by atoms with van der Waals surface area (Å²) in [6, 6.07) is 4.13. The van der Waals surface area contributed by atoms with Crippen LogP contribution in [0.25, 0.3) is 0 Å². The highest BCUT2D eigenvalue weighted by Crippen LogP contribution is 2.37. The van der Waals surface area contributed by atoms with Gasteiger partial charge in [-0.2, -0.15) is 5.10 Å². The summed E-state index contributed by atoms with van der Waals surface area (Å²) >= 11 is 0. The van der Waals surface area contributed by atoms with Crippen molar-refractivity contribution in [2.45, 2.75) is 44.2 Å². The highest BCUT2D eigenvalue weighted by molar-refractivity contribution is 5.80. The van der Waals surface area contributed by atoms with Crippen LogP contribution in [-0.2, 0) is 9.53 Å². The second-order valence-corrected chi connectivity index (χ2v) is 7.25. The molecular weight excluding hydrogens is 304 g/mol. The lowest BCUT2D eigenvalue weighted by atomic mass is 9.97. The number of nitrogens with one attached hydrogen (secondary N) is 1. The molecule has 2 aliphatic heterocycles. The third-order valence-electron chi connectivity index (χ3n) is 5.34. The third-order valence-corrected chi connectivity index (χ3v) is 5.34. The summed E-state index contributed by atoms with van der Waals surface area (Å²) in [7, 11) is 0. The molecule has 0 radical (unpaired) electrons. The van der Waals surface area contributed by atoms with Gasteiger partial charge in [0.1, 0.15) is 5.82 Å². The van der Waals surface area contributed by atoms with Crippen LogP contribution in [0, 0.1) is 12.8 Å². The van der Waals surface area contributed by atoms with E-state index in [0.29, 0.717) is 12.5 Å². The minimum Gasteiger partial charge on any atom is -0.371 e. The molecule has 1 aromatic heterocycles. The third kappa shape index (κ3) is 3.02. The monoisotopic (exact) mass is 328 g/mol. The fourth-order valence-corrected chi connectivity index (χ4v) is 4.02.